The maximum absolute atomic E-state index is 12.8. The molecule has 1 saturated carbocycles. The summed E-state index contributed by atoms with van der Waals surface area (Å²) in [6, 6.07) is 9.61. The third kappa shape index (κ3) is 3.30. The molecular weight excluding hydrogens is 379 g/mol. The summed E-state index contributed by atoms with van der Waals surface area (Å²) in [5.74, 6) is 0.190. The van der Waals surface area contributed by atoms with Gasteiger partial charge in [-0.25, -0.2) is 0 Å². The molecule has 0 radical (unpaired) electrons. The van der Waals surface area contributed by atoms with Gasteiger partial charge in [0.1, 0.15) is 0 Å². The number of hydrogen-bond acceptors (Lipinski definition) is 3. The number of pyridine rings is 1. The summed E-state index contributed by atoms with van der Waals surface area (Å²) in [6.45, 7) is 1.89. The van der Waals surface area contributed by atoms with Gasteiger partial charge in [0.15, 0.2) is 5.78 Å². The highest BCUT2D eigenvalue weighted by molar-refractivity contribution is 6.36. The molecule has 0 amide bonds. The van der Waals surface area contributed by atoms with E-state index in [0.29, 0.717) is 21.3 Å². The molecule has 138 valence electrons. The number of nitrogens with zero attached hydrogens (tertiary/aromatic N) is 1. The number of halogens is 2. The molecule has 0 bridgehead atoms. The summed E-state index contributed by atoms with van der Waals surface area (Å²) >= 11 is 12.6. The van der Waals surface area contributed by atoms with Crippen molar-refractivity contribution >= 4 is 45.6 Å². The number of fused-ring (bicyclic) bond motifs is 1. The fourth-order valence-corrected chi connectivity index (χ4v) is 4.30. The standard InChI is InChI=1S/C22H20Cl2N2O/c1-12-18(23)9-15(10-19(12)24)14-6-7-20-16(8-14)21(25)17(11-26-20)22(27)13-4-2-3-5-13/h6-11,13H,2-5H2,1H3,(H2,25,26). The Hall–Kier alpha value is -2.10. The third-order valence-corrected chi connectivity index (χ3v) is 6.30. The number of carbonyl (C=O) groups excluding carboxylic acids is 1. The van der Waals surface area contributed by atoms with E-state index in [9.17, 15) is 4.79 Å². The van der Waals surface area contributed by atoms with Crippen molar-refractivity contribution in [2.75, 3.05) is 5.73 Å². The summed E-state index contributed by atoms with van der Waals surface area (Å²) in [7, 11) is 0. The van der Waals surface area contributed by atoms with Crippen molar-refractivity contribution in [3.05, 3.63) is 57.7 Å². The number of aromatic nitrogens is 1. The van der Waals surface area contributed by atoms with Crippen LogP contribution in [0.3, 0.4) is 0 Å². The van der Waals surface area contributed by atoms with E-state index in [2.05, 4.69) is 4.98 Å². The number of carbonyl (C=O) groups is 1. The Morgan fingerprint density at radius 1 is 1.07 bits per heavy atom. The molecule has 1 fully saturated rings. The Morgan fingerprint density at radius 2 is 1.74 bits per heavy atom. The second-order valence-corrected chi connectivity index (χ2v) is 8.04. The molecule has 0 unspecified atom stereocenters. The number of nitrogen functional groups attached to an aromatic ring is 1. The first-order valence-corrected chi connectivity index (χ1v) is 9.90. The highest BCUT2D eigenvalue weighted by Gasteiger charge is 2.26. The normalized spacial score (nSPS) is 14.8. The van der Waals surface area contributed by atoms with E-state index in [4.69, 9.17) is 28.9 Å². The average Bonchev–Trinajstić information content (AvgIpc) is 3.20. The monoisotopic (exact) mass is 398 g/mol. The van der Waals surface area contributed by atoms with Gasteiger partial charge in [0.25, 0.3) is 0 Å². The lowest BCUT2D eigenvalue weighted by atomic mass is 9.94. The molecule has 27 heavy (non-hydrogen) atoms. The van der Waals surface area contributed by atoms with Crippen LogP contribution in [0.25, 0.3) is 22.0 Å². The lowest BCUT2D eigenvalue weighted by Gasteiger charge is -2.13. The number of anilines is 1. The van der Waals surface area contributed by atoms with Crippen LogP contribution in [0.5, 0.6) is 0 Å². The van der Waals surface area contributed by atoms with Gasteiger partial charge >= 0.3 is 0 Å². The largest absolute Gasteiger partial charge is 0.398 e. The minimum atomic E-state index is 0.0736. The molecule has 1 heterocycles. The smallest absolute Gasteiger partial charge is 0.169 e. The molecule has 5 heteroatoms. The van der Waals surface area contributed by atoms with Crippen molar-refractivity contribution in [1.29, 1.82) is 0 Å². The van der Waals surface area contributed by atoms with Crippen LogP contribution in [0.2, 0.25) is 10.0 Å². The second-order valence-electron chi connectivity index (χ2n) is 7.23. The fourth-order valence-electron chi connectivity index (χ4n) is 3.81. The molecule has 4 rings (SSSR count). The van der Waals surface area contributed by atoms with Gasteiger partial charge in [0.2, 0.25) is 0 Å². The number of rotatable bonds is 3. The van der Waals surface area contributed by atoms with Crippen LogP contribution < -0.4 is 5.73 Å². The third-order valence-electron chi connectivity index (χ3n) is 5.52. The summed E-state index contributed by atoms with van der Waals surface area (Å²) in [5.41, 5.74) is 10.9. The molecule has 0 saturated heterocycles. The quantitative estimate of drug-likeness (QED) is 0.514. The van der Waals surface area contributed by atoms with Crippen LogP contribution in [0.15, 0.2) is 36.5 Å². The number of benzene rings is 2. The Labute approximate surface area is 168 Å². The van der Waals surface area contributed by atoms with Crippen LogP contribution in [-0.4, -0.2) is 10.8 Å². The lowest BCUT2D eigenvalue weighted by Crippen LogP contribution is -2.14. The minimum absolute atomic E-state index is 0.0736. The van der Waals surface area contributed by atoms with Crippen molar-refractivity contribution in [3.63, 3.8) is 0 Å². The second kappa shape index (κ2) is 7.14. The first-order valence-electron chi connectivity index (χ1n) is 9.14. The predicted octanol–water partition coefficient (Wildman–Crippen LogP) is 6.47. The van der Waals surface area contributed by atoms with Crippen molar-refractivity contribution < 1.29 is 4.79 Å². The average molecular weight is 399 g/mol. The molecule has 1 aromatic heterocycles. The molecule has 0 aliphatic heterocycles. The Kier molecular flexibility index (Phi) is 4.83. The van der Waals surface area contributed by atoms with Gasteiger partial charge < -0.3 is 5.73 Å². The first-order chi connectivity index (χ1) is 13.0. The van der Waals surface area contributed by atoms with Crippen LogP contribution in [0.4, 0.5) is 5.69 Å². The molecule has 2 aromatic carbocycles. The van der Waals surface area contributed by atoms with E-state index in [1.807, 2.05) is 37.3 Å². The molecular formula is C22H20Cl2N2O. The first kappa shape index (κ1) is 18.3. The van der Waals surface area contributed by atoms with Crippen molar-refractivity contribution in [2.45, 2.75) is 32.6 Å². The zero-order chi connectivity index (χ0) is 19.1. The maximum atomic E-state index is 12.8. The van der Waals surface area contributed by atoms with Gasteiger partial charge in [-0.1, -0.05) is 42.1 Å². The van der Waals surface area contributed by atoms with E-state index in [0.717, 1.165) is 53.3 Å². The van der Waals surface area contributed by atoms with Gasteiger partial charge in [-0.15, -0.1) is 0 Å². The van der Waals surface area contributed by atoms with Gasteiger partial charge in [0, 0.05) is 27.5 Å². The molecule has 0 atom stereocenters. The Bertz CT molecular complexity index is 1030. The van der Waals surface area contributed by atoms with Crippen LogP contribution in [0.1, 0.15) is 41.6 Å². The minimum Gasteiger partial charge on any atom is -0.398 e. The van der Waals surface area contributed by atoms with Crippen LogP contribution in [0, 0.1) is 12.8 Å². The Morgan fingerprint density at radius 3 is 2.41 bits per heavy atom. The van der Waals surface area contributed by atoms with Gasteiger partial charge in [-0.05, 0) is 60.7 Å². The van der Waals surface area contributed by atoms with Gasteiger partial charge in [-0.2, -0.15) is 0 Å². The summed E-state index contributed by atoms with van der Waals surface area (Å²) in [4.78, 5) is 17.3. The lowest BCUT2D eigenvalue weighted by molar-refractivity contribution is 0.0923. The van der Waals surface area contributed by atoms with Crippen LogP contribution >= 0.6 is 23.2 Å². The molecule has 1 aliphatic rings. The molecule has 1 aliphatic carbocycles. The molecule has 0 spiro atoms. The van der Waals surface area contributed by atoms with Gasteiger partial charge in [-0.3, -0.25) is 9.78 Å². The van der Waals surface area contributed by atoms with E-state index >= 15 is 0 Å². The van der Waals surface area contributed by atoms with Crippen molar-refractivity contribution in [2.24, 2.45) is 5.92 Å². The highest BCUT2D eigenvalue weighted by atomic mass is 35.5. The summed E-state index contributed by atoms with van der Waals surface area (Å²) in [6.07, 6.45) is 5.72. The number of hydrogen-bond donors (Lipinski definition) is 1. The molecule has 3 aromatic rings. The number of nitrogens with two attached hydrogens (primary N) is 1. The van der Waals surface area contributed by atoms with Gasteiger partial charge in [0.05, 0.1) is 16.8 Å². The highest BCUT2D eigenvalue weighted by Crippen LogP contribution is 2.35. The topological polar surface area (TPSA) is 56.0 Å². The van der Waals surface area contributed by atoms with Crippen molar-refractivity contribution in [3.8, 4) is 11.1 Å². The summed E-state index contributed by atoms with van der Waals surface area (Å²) in [5, 5.41) is 2.02. The van der Waals surface area contributed by atoms with E-state index in [1.165, 1.54) is 0 Å². The van der Waals surface area contributed by atoms with Crippen molar-refractivity contribution in [1.82, 2.24) is 4.98 Å². The van der Waals surface area contributed by atoms with E-state index in [1.54, 1.807) is 6.20 Å². The fraction of sp³-hybridized carbons (Fsp3) is 0.273. The predicted molar refractivity (Wildman–Crippen MR) is 113 cm³/mol. The summed E-state index contributed by atoms with van der Waals surface area (Å²) < 4.78 is 0. The van der Waals surface area contributed by atoms with E-state index < -0.39 is 0 Å². The zero-order valence-corrected chi connectivity index (χ0v) is 16.6. The Balaban J connectivity index is 1.81. The number of ketones is 1. The van der Waals surface area contributed by atoms with Crippen LogP contribution in [-0.2, 0) is 0 Å². The van der Waals surface area contributed by atoms with E-state index in [-0.39, 0.29) is 11.7 Å². The maximum Gasteiger partial charge on any atom is 0.169 e. The zero-order valence-electron chi connectivity index (χ0n) is 15.1. The SMILES string of the molecule is Cc1c(Cl)cc(-c2ccc3ncc(C(=O)C4CCCC4)c(N)c3c2)cc1Cl. The molecule has 2 N–H and O–H groups in total. The number of Topliss-reactive ketones (excluding diaryl/α,β-unsaturated/α-hetero) is 1. The molecule has 3 nitrogen and oxygen atoms in total.